The molecule has 0 N–H and O–H groups in total. The molecule has 1 aromatic heterocycles. The smallest absolute Gasteiger partial charge is 0.225 e. The van der Waals surface area contributed by atoms with Crippen LogP contribution in [0.5, 0.6) is 0 Å². The maximum atomic E-state index is 14.1. The highest BCUT2D eigenvalue weighted by molar-refractivity contribution is 5.78. The van der Waals surface area contributed by atoms with Crippen LogP contribution in [0.1, 0.15) is 45.9 Å². The normalized spacial score (nSPS) is 15.1. The molecule has 2 heterocycles. The Labute approximate surface area is 192 Å². The molecule has 0 unspecified atom stereocenters. The van der Waals surface area contributed by atoms with E-state index in [1.165, 1.54) is 12.1 Å². The van der Waals surface area contributed by atoms with Gasteiger partial charge in [0.05, 0.1) is 17.9 Å². The number of amides is 1. The predicted molar refractivity (Wildman–Crippen MR) is 128 cm³/mol. The van der Waals surface area contributed by atoms with Crippen molar-refractivity contribution in [3.63, 3.8) is 0 Å². The number of carbonyl (C=O) groups is 1. The van der Waals surface area contributed by atoms with E-state index in [0.29, 0.717) is 24.7 Å². The number of likely N-dealkylation sites (N-methyl/N-ethyl adjacent to an activating group) is 1. The third-order valence-corrected chi connectivity index (χ3v) is 6.07. The summed E-state index contributed by atoms with van der Waals surface area (Å²) in [7, 11) is 0. The largest absolute Gasteiger partial charge is 0.354 e. The molecule has 0 spiro atoms. The van der Waals surface area contributed by atoms with Crippen LogP contribution in [0.3, 0.4) is 0 Å². The van der Waals surface area contributed by atoms with Crippen LogP contribution < -0.4 is 4.90 Å². The third kappa shape index (κ3) is 5.49. The van der Waals surface area contributed by atoms with Crippen molar-refractivity contribution in [1.29, 1.82) is 0 Å². The molecule has 32 heavy (non-hydrogen) atoms. The maximum absolute atomic E-state index is 14.1. The topological polar surface area (TPSA) is 44.6 Å². The van der Waals surface area contributed by atoms with Crippen molar-refractivity contribution in [1.82, 2.24) is 19.6 Å². The lowest BCUT2D eigenvalue weighted by atomic mass is 10.1. The minimum atomic E-state index is -0.282. The zero-order valence-corrected chi connectivity index (χ0v) is 20.4. The molecule has 6 nitrogen and oxygen atoms in total. The molecule has 7 heteroatoms. The second kappa shape index (κ2) is 10.5. The summed E-state index contributed by atoms with van der Waals surface area (Å²) in [5.74, 6) is 1.15. The van der Waals surface area contributed by atoms with Gasteiger partial charge in [-0.1, -0.05) is 40.7 Å². The number of hydrogen-bond acceptors (Lipinski definition) is 4. The van der Waals surface area contributed by atoms with Crippen LogP contribution in [0.25, 0.3) is 5.69 Å². The molecule has 1 aliphatic rings. The van der Waals surface area contributed by atoms with E-state index in [0.717, 1.165) is 49.8 Å². The Bertz CT molecular complexity index is 915. The lowest BCUT2D eigenvalue weighted by Crippen LogP contribution is -2.47. The quantitative estimate of drug-likeness (QED) is 0.616. The number of rotatable bonds is 8. The summed E-state index contributed by atoms with van der Waals surface area (Å²) in [4.78, 5) is 19.8. The number of aryl methyl sites for hydroxylation is 1. The number of carbonyl (C=O) groups excluding carboxylic acids is 1. The van der Waals surface area contributed by atoms with Crippen LogP contribution in [0.2, 0.25) is 0 Å². The van der Waals surface area contributed by atoms with E-state index in [4.69, 9.17) is 5.10 Å². The first-order valence-corrected chi connectivity index (χ1v) is 11.8. The third-order valence-electron chi connectivity index (χ3n) is 6.07. The second-order valence-electron chi connectivity index (χ2n) is 9.47. The number of halogens is 1. The van der Waals surface area contributed by atoms with Gasteiger partial charge < -0.3 is 14.7 Å². The summed E-state index contributed by atoms with van der Waals surface area (Å²) < 4.78 is 15.9. The molecule has 1 fully saturated rings. The van der Waals surface area contributed by atoms with E-state index in [-0.39, 0.29) is 17.6 Å². The summed E-state index contributed by atoms with van der Waals surface area (Å²) in [6.45, 7) is 18.3. The predicted octanol–water partition coefficient (Wildman–Crippen LogP) is 4.10. The van der Waals surface area contributed by atoms with Crippen LogP contribution in [0.4, 0.5) is 10.2 Å². The van der Waals surface area contributed by atoms with Gasteiger partial charge in [-0.25, -0.2) is 9.07 Å². The summed E-state index contributed by atoms with van der Waals surface area (Å²) in [5, 5.41) is 4.83. The van der Waals surface area contributed by atoms with Gasteiger partial charge in [0.1, 0.15) is 11.6 Å². The SMILES string of the molecule is CCN1CCN(c2c(CN(CC(C)C)C(=O)C(C)C)c(C)nn2-c2cccc(F)c2)CC1. The Balaban J connectivity index is 2.05. The monoisotopic (exact) mass is 443 g/mol. The van der Waals surface area contributed by atoms with E-state index < -0.39 is 0 Å². The Morgan fingerprint density at radius 1 is 1.16 bits per heavy atom. The molecule has 1 aliphatic heterocycles. The Morgan fingerprint density at radius 2 is 1.84 bits per heavy atom. The van der Waals surface area contributed by atoms with Gasteiger partial charge in [-0.2, -0.15) is 5.10 Å². The minimum Gasteiger partial charge on any atom is -0.354 e. The van der Waals surface area contributed by atoms with E-state index in [9.17, 15) is 9.18 Å². The first-order chi connectivity index (χ1) is 15.2. The van der Waals surface area contributed by atoms with E-state index in [1.54, 1.807) is 6.07 Å². The molecule has 2 aromatic rings. The second-order valence-corrected chi connectivity index (χ2v) is 9.47. The Hall–Kier alpha value is -2.41. The zero-order chi connectivity index (χ0) is 23.4. The highest BCUT2D eigenvalue weighted by atomic mass is 19.1. The molecule has 176 valence electrons. The number of aromatic nitrogens is 2. The molecular formula is C25H38FN5O. The van der Waals surface area contributed by atoms with Crippen molar-refractivity contribution in [3.8, 4) is 5.69 Å². The minimum absolute atomic E-state index is 0.0659. The fourth-order valence-electron chi connectivity index (χ4n) is 4.35. The Kier molecular flexibility index (Phi) is 7.93. The van der Waals surface area contributed by atoms with Crippen LogP contribution in [-0.4, -0.2) is 64.8 Å². The van der Waals surface area contributed by atoms with Crippen LogP contribution in [-0.2, 0) is 11.3 Å². The highest BCUT2D eigenvalue weighted by Gasteiger charge is 2.28. The molecule has 3 rings (SSSR count). The van der Waals surface area contributed by atoms with Gasteiger partial charge in [-0.3, -0.25) is 4.79 Å². The van der Waals surface area contributed by atoms with Gasteiger partial charge in [0.15, 0.2) is 0 Å². The number of benzene rings is 1. The summed E-state index contributed by atoms with van der Waals surface area (Å²) in [5.41, 5.74) is 2.64. The Morgan fingerprint density at radius 3 is 2.41 bits per heavy atom. The van der Waals surface area contributed by atoms with Crippen molar-refractivity contribution < 1.29 is 9.18 Å². The summed E-state index contributed by atoms with van der Waals surface area (Å²) >= 11 is 0. The number of nitrogens with zero attached hydrogens (tertiary/aromatic N) is 5. The van der Waals surface area contributed by atoms with Gasteiger partial charge in [0.25, 0.3) is 0 Å². The van der Waals surface area contributed by atoms with Gasteiger partial charge in [-0.15, -0.1) is 0 Å². The molecule has 0 radical (unpaired) electrons. The zero-order valence-electron chi connectivity index (χ0n) is 20.4. The molecule has 1 aromatic carbocycles. The van der Waals surface area contributed by atoms with Gasteiger partial charge >= 0.3 is 0 Å². The van der Waals surface area contributed by atoms with Crippen LogP contribution in [0, 0.1) is 24.6 Å². The number of piperazine rings is 1. The number of hydrogen-bond donors (Lipinski definition) is 0. The molecule has 0 atom stereocenters. The number of anilines is 1. The molecule has 1 saturated heterocycles. The maximum Gasteiger partial charge on any atom is 0.225 e. The van der Waals surface area contributed by atoms with E-state index in [1.807, 2.05) is 36.4 Å². The highest BCUT2D eigenvalue weighted by Crippen LogP contribution is 2.30. The fraction of sp³-hybridized carbons (Fsp3) is 0.600. The van der Waals surface area contributed by atoms with Crippen LogP contribution in [0.15, 0.2) is 24.3 Å². The first-order valence-electron chi connectivity index (χ1n) is 11.8. The van der Waals surface area contributed by atoms with Crippen molar-refractivity contribution >= 4 is 11.7 Å². The standard InChI is InChI=1S/C25H38FN5O/c1-7-28-11-13-29(14-12-28)24-23(17-30(16-18(2)3)25(32)19(4)5)20(6)27-31(24)22-10-8-9-21(26)15-22/h8-10,15,18-19H,7,11-14,16-17H2,1-6H3. The van der Waals surface area contributed by atoms with Gasteiger partial charge in [-0.05, 0) is 37.6 Å². The average Bonchev–Trinajstić information content (AvgIpc) is 3.08. The van der Waals surface area contributed by atoms with Crippen LogP contribution >= 0.6 is 0 Å². The molecular weight excluding hydrogens is 405 g/mol. The molecule has 1 amide bonds. The van der Waals surface area contributed by atoms with Crippen molar-refractivity contribution in [2.75, 3.05) is 44.2 Å². The summed E-state index contributed by atoms with van der Waals surface area (Å²) in [6, 6.07) is 6.57. The first kappa shape index (κ1) is 24.2. The molecule has 0 saturated carbocycles. The lowest BCUT2D eigenvalue weighted by molar-refractivity contribution is -0.135. The summed E-state index contributed by atoms with van der Waals surface area (Å²) in [6.07, 6.45) is 0. The van der Waals surface area contributed by atoms with Gasteiger partial charge in [0.2, 0.25) is 5.91 Å². The van der Waals surface area contributed by atoms with Crippen molar-refractivity contribution in [2.45, 2.75) is 48.1 Å². The fourth-order valence-corrected chi connectivity index (χ4v) is 4.35. The lowest BCUT2D eigenvalue weighted by Gasteiger charge is -2.36. The van der Waals surface area contributed by atoms with Gasteiger partial charge in [0, 0.05) is 44.2 Å². The van der Waals surface area contributed by atoms with Crippen molar-refractivity contribution in [2.24, 2.45) is 11.8 Å². The van der Waals surface area contributed by atoms with E-state index in [2.05, 4.69) is 30.6 Å². The van der Waals surface area contributed by atoms with E-state index >= 15 is 0 Å². The molecule has 0 aliphatic carbocycles. The molecule has 0 bridgehead atoms. The van der Waals surface area contributed by atoms with Crippen molar-refractivity contribution in [3.05, 3.63) is 41.3 Å². The average molecular weight is 444 g/mol.